The summed E-state index contributed by atoms with van der Waals surface area (Å²) in [5.41, 5.74) is 4.38. The number of aryl methyl sites for hydroxylation is 1. The topological polar surface area (TPSA) is 113 Å². The van der Waals surface area contributed by atoms with E-state index in [1.165, 1.54) is 9.58 Å². The first-order chi connectivity index (χ1) is 13.0. The number of hydrogen-bond donors (Lipinski definition) is 2. The number of nitrogens with zero attached hydrogens (tertiary/aromatic N) is 3. The number of fused-ring (bicyclic) bond motifs is 1. The van der Waals surface area contributed by atoms with Gasteiger partial charge in [-0.15, -0.1) is 0 Å². The lowest BCUT2D eigenvalue weighted by Gasteiger charge is -2.15. The Balaban J connectivity index is 1.77. The average molecular weight is 389 g/mol. The van der Waals surface area contributed by atoms with Crippen LogP contribution in [-0.2, 0) is 11.3 Å². The molecule has 0 aliphatic carbocycles. The Morgan fingerprint density at radius 3 is 2.59 bits per heavy atom. The molecule has 142 valence electrons. The summed E-state index contributed by atoms with van der Waals surface area (Å²) in [5, 5.41) is 4.80. The second-order valence-electron chi connectivity index (χ2n) is 5.96. The largest absolute Gasteiger partial charge is 0.323 e. The first-order valence-electron chi connectivity index (χ1n) is 8.52. The molecule has 1 aliphatic heterocycles. The van der Waals surface area contributed by atoms with E-state index in [1.807, 2.05) is 6.92 Å². The van der Waals surface area contributed by atoms with Gasteiger partial charge in [-0.05, 0) is 12.5 Å². The van der Waals surface area contributed by atoms with Crippen LogP contribution in [0.4, 0.5) is 4.79 Å². The molecule has 0 atom stereocenters. The first-order valence-corrected chi connectivity index (χ1v) is 9.50. The van der Waals surface area contributed by atoms with E-state index in [9.17, 15) is 19.2 Å². The van der Waals surface area contributed by atoms with Crippen molar-refractivity contribution >= 4 is 39.6 Å². The number of aromatic nitrogens is 2. The molecule has 10 heteroatoms. The van der Waals surface area contributed by atoms with E-state index in [1.54, 1.807) is 24.3 Å². The molecule has 0 bridgehead atoms. The fourth-order valence-corrected chi connectivity index (χ4v) is 3.56. The maximum Gasteiger partial charge on any atom is 0.290 e. The Morgan fingerprint density at radius 1 is 1.19 bits per heavy atom. The molecule has 27 heavy (non-hydrogen) atoms. The molecular weight excluding hydrogens is 370 g/mol. The van der Waals surface area contributed by atoms with Gasteiger partial charge in [0.1, 0.15) is 6.54 Å². The summed E-state index contributed by atoms with van der Waals surface area (Å²) >= 11 is 1.15. The number of rotatable bonds is 5. The number of carbonyl (C=O) groups is 3. The van der Waals surface area contributed by atoms with Crippen molar-refractivity contribution in [2.45, 2.75) is 19.9 Å². The normalized spacial score (nSPS) is 13.8. The van der Waals surface area contributed by atoms with Gasteiger partial charge in [-0.3, -0.25) is 30.0 Å². The highest BCUT2D eigenvalue weighted by atomic mass is 32.2. The molecule has 3 rings (SSSR count). The zero-order valence-electron chi connectivity index (χ0n) is 14.7. The van der Waals surface area contributed by atoms with Crippen molar-refractivity contribution in [2.24, 2.45) is 0 Å². The lowest BCUT2D eigenvalue weighted by Crippen LogP contribution is -2.47. The third-order valence-electron chi connectivity index (χ3n) is 4.01. The van der Waals surface area contributed by atoms with Crippen molar-refractivity contribution in [2.75, 3.05) is 18.8 Å². The summed E-state index contributed by atoms with van der Waals surface area (Å²) in [6, 6.07) is 6.70. The molecular formula is C17H19N5O4S. The Bertz CT molecular complexity index is 958. The monoisotopic (exact) mass is 389 g/mol. The van der Waals surface area contributed by atoms with Gasteiger partial charge < -0.3 is 4.90 Å². The summed E-state index contributed by atoms with van der Waals surface area (Å²) in [6.07, 6.45) is 0.685. The van der Waals surface area contributed by atoms with Gasteiger partial charge in [-0.1, -0.05) is 36.9 Å². The number of nitrogens with one attached hydrogen (secondary N) is 2. The number of thioether (sulfide) groups is 1. The third kappa shape index (κ3) is 4.11. The van der Waals surface area contributed by atoms with Crippen LogP contribution in [-0.4, -0.2) is 50.6 Å². The van der Waals surface area contributed by atoms with E-state index in [2.05, 4.69) is 16.0 Å². The molecule has 2 heterocycles. The van der Waals surface area contributed by atoms with E-state index < -0.39 is 11.8 Å². The van der Waals surface area contributed by atoms with Crippen molar-refractivity contribution in [1.82, 2.24) is 25.5 Å². The van der Waals surface area contributed by atoms with Crippen LogP contribution in [0.5, 0.6) is 0 Å². The molecule has 0 unspecified atom stereocenters. The molecule has 1 saturated heterocycles. The van der Waals surface area contributed by atoms with E-state index in [0.29, 0.717) is 36.0 Å². The van der Waals surface area contributed by atoms with Gasteiger partial charge in [-0.25, -0.2) is 4.68 Å². The van der Waals surface area contributed by atoms with E-state index >= 15 is 0 Å². The molecule has 1 aromatic carbocycles. The Hall–Kier alpha value is -2.88. The highest BCUT2D eigenvalue weighted by molar-refractivity contribution is 8.13. The van der Waals surface area contributed by atoms with Gasteiger partial charge in [0, 0.05) is 24.2 Å². The summed E-state index contributed by atoms with van der Waals surface area (Å²) in [4.78, 5) is 49.9. The summed E-state index contributed by atoms with van der Waals surface area (Å²) in [6.45, 7) is 2.65. The van der Waals surface area contributed by atoms with Crippen LogP contribution >= 0.6 is 11.8 Å². The van der Waals surface area contributed by atoms with Crippen LogP contribution in [0.3, 0.4) is 0 Å². The standard InChI is InChI=1S/C17H19N5O4S/c1-2-7-22-16(25)12-6-4-3-5-11(12)14(20-22)15(24)19-18-13(23)10-21-8-9-27-17(21)26/h3-6H,2,7-10H2,1H3,(H,18,23)(H,19,24). The maximum absolute atomic E-state index is 12.5. The number of benzene rings is 1. The maximum atomic E-state index is 12.5. The van der Waals surface area contributed by atoms with E-state index in [4.69, 9.17) is 0 Å². The second kappa shape index (κ2) is 8.21. The molecule has 3 amide bonds. The predicted octanol–water partition coefficient (Wildman–Crippen LogP) is 0.736. The number of amides is 3. The SMILES string of the molecule is CCCn1nc(C(=O)NNC(=O)CN2CCSC2=O)c2ccccc2c1=O. The molecule has 2 aromatic rings. The van der Waals surface area contributed by atoms with Gasteiger partial charge in [0.25, 0.3) is 22.6 Å². The number of hydrazine groups is 1. The van der Waals surface area contributed by atoms with Crippen LogP contribution in [0.15, 0.2) is 29.1 Å². The predicted molar refractivity (Wildman–Crippen MR) is 101 cm³/mol. The van der Waals surface area contributed by atoms with Crippen LogP contribution in [0.1, 0.15) is 23.8 Å². The zero-order valence-corrected chi connectivity index (χ0v) is 15.5. The summed E-state index contributed by atoms with van der Waals surface area (Å²) in [7, 11) is 0. The van der Waals surface area contributed by atoms with Gasteiger partial charge >= 0.3 is 0 Å². The van der Waals surface area contributed by atoms with Gasteiger partial charge in [0.15, 0.2) is 5.69 Å². The van der Waals surface area contributed by atoms with Crippen molar-refractivity contribution in [3.05, 3.63) is 40.3 Å². The summed E-state index contributed by atoms with van der Waals surface area (Å²) in [5.74, 6) is -0.496. The van der Waals surface area contributed by atoms with Crippen LogP contribution in [0, 0.1) is 0 Å². The van der Waals surface area contributed by atoms with Crippen LogP contribution in [0.2, 0.25) is 0 Å². The zero-order chi connectivity index (χ0) is 19.4. The quantitative estimate of drug-likeness (QED) is 0.729. The minimum absolute atomic E-state index is 0.0479. The Kier molecular flexibility index (Phi) is 5.75. The molecule has 1 aliphatic rings. The van der Waals surface area contributed by atoms with E-state index in [0.717, 1.165) is 11.8 Å². The molecule has 9 nitrogen and oxygen atoms in total. The number of hydrogen-bond acceptors (Lipinski definition) is 6. The number of carbonyl (C=O) groups excluding carboxylic acids is 3. The molecule has 0 radical (unpaired) electrons. The van der Waals surface area contributed by atoms with Crippen LogP contribution in [0.25, 0.3) is 10.8 Å². The fourth-order valence-electron chi connectivity index (χ4n) is 2.73. The molecule has 1 aromatic heterocycles. The van der Waals surface area contributed by atoms with E-state index in [-0.39, 0.29) is 23.0 Å². The summed E-state index contributed by atoms with van der Waals surface area (Å²) < 4.78 is 1.25. The van der Waals surface area contributed by atoms with Crippen LogP contribution < -0.4 is 16.4 Å². The lowest BCUT2D eigenvalue weighted by molar-refractivity contribution is -0.122. The third-order valence-corrected chi connectivity index (χ3v) is 4.90. The minimum atomic E-state index is -0.633. The first kappa shape index (κ1) is 18.9. The second-order valence-corrected chi connectivity index (χ2v) is 7.01. The van der Waals surface area contributed by atoms with Crippen molar-refractivity contribution in [3.63, 3.8) is 0 Å². The highest BCUT2D eigenvalue weighted by Crippen LogP contribution is 2.16. The lowest BCUT2D eigenvalue weighted by atomic mass is 10.1. The van der Waals surface area contributed by atoms with Gasteiger partial charge in [-0.2, -0.15) is 5.10 Å². The van der Waals surface area contributed by atoms with Crippen molar-refractivity contribution < 1.29 is 14.4 Å². The Labute approximate surface area is 159 Å². The highest BCUT2D eigenvalue weighted by Gasteiger charge is 2.23. The van der Waals surface area contributed by atoms with Crippen molar-refractivity contribution in [3.8, 4) is 0 Å². The van der Waals surface area contributed by atoms with Crippen molar-refractivity contribution in [1.29, 1.82) is 0 Å². The molecule has 0 saturated carbocycles. The molecule has 1 fully saturated rings. The Morgan fingerprint density at radius 2 is 1.93 bits per heavy atom. The van der Waals surface area contributed by atoms with Gasteiger partial charge in [0.2, 0.25) is 0 Å². The fraction of sp³-hybridized carbons (Fsp3) is 0.353. The molecule has 2 N–H and O–H groups in total. The molecule has 0 spiro atoms. The smallest absolute Gasteiger partial charge is 0.290 e. The van der Waals surface area contributed by atoms with Gasteiger partial charge in [0.05, 0.1) is 5.39 Å². The minimum Gasteiger partial charge on any atom is -0.323 e. The average Bonchev–Trinajstić information content (AvgIpc) is 3.07.